The van der Waals surface area contributed by atoms with E-state index < -0.39 is 5.97 Å². The molecular formula is C22H22N2O4. The third-order valence-corrected chi connectivity index (χ3v) is 5.09. The van der Waals surface area contributed by atoms with Crippen molar-refractivity contribution in [2.75, 3.05) is 19.0 Å². The number of anilines is 1. The van der Waals surface area contributed by atoms with Crippen LogP contribution in [0.1, 0.15) is 35.3 Å². The number of carbonyl (C=O) groups is 2. The Morgan fingerprint density at radius 3 is 2.68 bits per heavy atom. The molecule has 1 heterocycles. The summed E-state index contributed by atoms with van der Waals surface area (Å²) in [6.07, 6.45) is 0.802. The predicted octanol–water partition coefficient (Wildman–Crippen LogP) is 4.10. The van der Waals surface area contributed by atoms with Crippen LogP contribution in [0.5, 0.6) is 5.75 Å². The standard InChI is InChI=1S/C22H22N2O4/c1-3-28-22(26)20-19(17-11-14(27-2)9-10-18(17)23-20)24-21(25)16-12-15(16)13-7-5-4-6-8-13/h4-11,15-16,23H,3,12H2,1-2H3,(H,24,25)/t15-,16-/m1/s1. The van der Waals surface area contributed by atoms with Crippen LogP contribution in [-0.4, -0.2) is 30.6 Å². The first-order valence-electron chi connectivity index (χ1n) is 9.35. The Morgan fingerprint density at radius 1 is 1.18 bits per heavy atom. The van der Waals surface area contributed by atoms with Gasteiger partial charge in [-0.15, -0.1) is 0 Å². The van der Waals surface area contributed by atoms with Crippen LogP contribution in [0.3, 0.4) is 0 Å². The lowest BCUT2D eigenvalue weighted by Crippen LogP contribution is -2.17. The van der Waals surface area contributed by atoms with Gasteiger partial charge in [-0.1, -0.05) is 30.3 Å². The Bertz CT molecular complexity index is 1030. The minimum absolute atomic E-state index is 0.0943. The van der Waals surface area contributed by atoms with E-state index in [0.29, 0.717) is 16.8 Å². The van der Waals surface area contributed by atoms with E-state index in [-0.39, 0.29) is 30.0 Å². The summed E-state index contributed by atoms with van der Waals surface area (Å²) >= 11 is 0. The van der Waals surface area contributed by atoms with E-state index in [4.69, 9.17) is 9.47 Å². The van der Waals surface area contributed by atoms with E-state index in [2.05, 4.69) is 10.3 Å². The maximum Gasteiger partial charge on any atom is 0.356 e. The van der Waals surface area contributed by atoms with E-state index in [9.17, 15) is 9.59 Å². The molecule has 0 bridgehead atoms. The molecule has 0 radical (unpaired) electrons. The van der Waals surface area contributed by atoms with Crippen molar-refractivity contribution >= 4 is 28.5 Å². The fourth-order valence-electron chi connectivity index (χ4n) is 3.55. The summed E-state index contributed by atoms with van der Waals surface area (Å²) in [5.74, 6) is 0.164. The topological polar surface area (TPSA) is 80.4 Å². The largest absolute Gasteiger partial charge is 0.497 e. The zero-order valence-electron chi connectivity index (χ0n) is 15.8. The Balaban J connectivity index is 1.64. The number of aromatic amines is 1. The van der Waals surface area contributed by atoms with Gasteiger partial charge in [0.15, 0.2) is 0 Å². The minimum atomic E-state index is -0.497. The average molecular weight is 378 g/mol. The number of hydrogen-bond acceptors (Lipinski definition) is 4. The zero-order chi connectivity index (χ0) is 19.7. The molecule has 2 aromatic carbocycles. The molecule has 3 aromatic rings. The van der Waals surface area contributed by atoms with Crippen LogP contribution in [0, 0.1) is 5.92 Å². The summed E-state index contributed by atoms with van der Waals surface area (Å²) in [6.45, 7) is 2.00. The maximum atomic E-state index is 12.9. The molecule has 4 rings (SSSR count). The summed E-state index contributed by atoms with van der Waals surface area (Å²) < 4.78 is 10.4. The van der Waals surface area contributed by atoms with Gasteiger partial charge in [0.25, 0.3) is 0 Å². The van der Waals surface area contributed by atoms with Crippen molar-refractivity contribution in [2.45, 2.75) is 19.3 Å². The van der Waals surface area contributed by atoms with Crippen molar-refractivity contribution in [3.05, 3.63) is 59.8 Å². The number of carbonyl (C=O) groups excluding carboxylic acids is 2. The van der Waals surface area contributed by atoms with Crippen LogP contribution in [0.15, 0.2) is 48.5 Å². The zero-order valence-corrected chi connectivity index (χ0v) is 15.8. The molecule has 6 heteroatoms. The molecule has 28 heavy (non-hydrogen) atoms. The van der Waals surface area contributed by atoms with Crippen LogP contribution in [-0.2, 0) is 9.53 Å². The molecule has 1 aliphatic rings. The molecule has 0 aliphatic heterocycles. The van der Waals surface area contributed by atoms with E-state index in [1.165, 1.54) is 0 Å². The van der Waals surface area contributed by atoms with Gasteiger partial charge in [0.05, 0.1) is 19.4 Å². The van der Waals surface area contributed by atoms with Crippen LogP contribution in [0.25, 0.3) is 10.9 Å². The molecule has 1 amide bonds. The minimum Gasteiger partial charge on any atom is -0.497 e. The molecule has 0 spiro atoms. The lowest BCUT2D eigenvalue weighted by Gasteiger charge is -2.08. The van der Waals surface area contributed by atoms with Gasteiger partial charge in [-0.2, -0.15) is 0 Å². The highest BCUT2D eigenvalue weighted by molar-refractivity contribution is 6.12. The first-order chi connectivity index (χ1) is 13.6. The molecule has 1 aromatic heterocycles. The van der Waals surface area contributed by atoms with Gasteiger partial charge in [-0.05, 0) is 43.0 Å². The van der Waals surface area contributed by atoms with E-state index in [0.717, 1.165) is 17.5 Å². The summed E-state index contributed by atoms with van der Waals surface area (Å²) in [7, 11) is 1.58. The van der Waals surface area contributed by atoms with Crippen LogP contribution in [0.4, 0.5) is 5.69 Å². The number of fused-ring (bicyclic) bond motifs is 1. The molecule has 1 saturated carbocycles. The predicted molar refractivity (Wildman–Crippen MR) is 107 cm³/mol. The molecule has 0 saturated heterocycles. The highest BCUT2D eigenvalue weighted by Gasteiger charge is 2.44. The van der Waals surface area contributed by atoms with Gasteiger partial charge in [-0.3, -0.25) is 4.79 Å². The number of benzene rings is 2. The van der Waals surface area contributed by atoms with Crippen LogP contribution >= 0.6 is 0 Å². The average Bonchev–Trinajstić information content (AvgIpc) is 3.45. The maximum absolute atomic E-state index is 12.9. The third-order valence-electron chi connectivity index (χ3n) is 5.09. The highest BCUT2D eigenvalue weighted by atomic mass is 16.5. The monoisotopic (exact) mass is 378 g/mol. The summed E-state index contributed by atoms with van der Waals surface area (Å²) in [5, 5.41) is 3.67. The number of H-pyrrole nitrogens is 1. The smallest absolute Gasteiger partial charge is 0.356 e. The van der Waals surface area contributed by atoms with Gasteiger partial charge >= 0.3 is 5.97 Å². The fraction of sp³-hybridized carbons (Fsp3) is 0.273. The van der Waals surface area contributed by atoms with Crippen molar-refractivity contribution in [1.82, 2.24) is 4.98 Å². The van der Waals surface area contributed by atoms with Gasteiger partial charge in [0.1, 0.15) is 11.4 Å². The van der Waals surface area contributed by atoms with Crippen molar-refractivity contribution in [3.8, 4) is 5.75 Å². The lowest BCUT2D eigenvalue weighted by atomic mass is 10.1. The van der Waals surface area contributed by atoms with Gasteiger partial charge in [0, 0.05) is 16.8 Å². The van der Waals surface area contributed by atoms with Crippen molar-refractivity contribution < 1.29 is 19.1 Å². The molecule has 1 fully saturated rings. The van der Waals surface area contributed by atoms with Gasteiger partial charge < -0.3 is 19.8 Å². The molecule has 2 atom stereocenters. The molecule has 1 aliphatic carbocycles. The Morgan fingerprint density at radius 2 is 1.96 bits per heavy atom. The quantitative estimate of drug-likeness (QED) is 0.633. The van der Waals surface area contributed by atoms with Crippen molar-refractivity contribution in [3.63, 3.8) is 0 Å². The SMILES string of the molecule is CCOC(=O)c1[nH]c2ccc(OC)cc2c1NC(=O)[C@@H]1C[C@@H]1c1ccccc1. The number of ether oxygens (including phenoxy) is 2. The Hall–Kier alpha value is -3.28. The number of hydrogen-bond donors (Lipinski definition) is 2. The molecule has 6 nitrogen and oxygen atoms in total. The van der Waals surface area contributed by atoms with Crippen molar-refractivity contribution in [1.29, 1.82) is 0 Å². The van der Waals surface area contributed by atoms with Crippen molar-refractivity contribution in [2.24, 2.45) is 5.92 Å². The Labute approximate surface area is 162 Å². The number of aromatic nitrogens is 1. The second-order valence-corrected chi connectivity index (χ2v) is 6.86. The van der Waals surface area contributed by atoms with E-state index >= 15 is 0 Å². The number of amides is 1. The van der Waals surface area contributed by atoms with Gasteiger partial charge in [0.2, 0.25) is 5.91 Å². The number of nitrogens with one attached hydrogen (secondary N) is 2. The molecule has 0 unspecified atom stereocenters. The number of methoxy groups -OCH3 is 1. The van der Waals surface area contributed by atoms with E-state index in [1.54, 1.807) is 26.2 Å². The van der Waals surface area contributed by atoms with Gasteiger partial charge in [-0.25, -0.2) is 4.79 Å². The third kappa shape index (κ3) is 3.33. The lowest BCUT2D eigenvalue weighted by molar-refractivity contribution is -0.117. The van der Waals surface area contributed by atoms with Crippen LogP contribution < -0.4 is 10.1 Å². The summed E-state index contributed by atoms with van der Waals surface area (Å²) in [4.78, 5) is 28.3. The molecule has 144 valence electrons. The summed E-state index contributed by atoms with van der Waals surface area (Å²) in [5.41, 5.74) is 2.58. The Kier molecular flexibility index (Phi) is 4.77. The van der Waals surface area contributed by atoms with E-state index in [1.807, 2.05) is 36.4 Å². The number of esters is 1. The fourth-order valence-corrected chi connectivity index (χ4v) is 3.55. The highest BCUT2D eigenvalue weighted by Crippen LogP contribution is 2.48. The molecule has 2 N–H and O–H groups in total. The second kappa shape index (κ2) is 7.38. The number of rotatable bonds is 6. The first kappa shape index (κ1) is 18.1. The molecular weight excluding hydrogens is 356 g/mol. The normalized spacial score (nSPS) is 17.9. The second-order valence-electron chi connectivity index (χ2n) is 6.86. The first-order valence-corrected chi connectivity index (χ1v) is 9.35. The van der Waals surface area contributed by atoms with Crippen LogP contribution in [0.2, 0.25) is 0 Å². The summed E-state index contributed by atoms with van der Waals surface area (Å²) in [6, 6.07) is 15.4.